The topological polar surface area (TPSA) is 0 Å². The van der Waals surface area contributed by atoms with Crippen molar-refractivity contribution < 1.29 is 8.78 Å². The third-order valence-electron chi connectivity index (χ3n) is 6.03. The molecule has 3 rings (SSSR count). The SMILES string of the molecule is CCCCC#CCC1CCC(c2ccc(C#Cc3cc(F)c(C)c(F)c3)cc2)CC1. The molecule has 0 amide bonds. The van der Waals surface area contributed by atoms with Crippen molar-refractivity contribution in [2.75, 3.05) is 0 Å². The second kappa shape index (κ2) is 11.0. The third kappa shape index (κ3) is 6.21. The van der Waals surface area contributed by atoms with Gasteiger partial charge >= 0.3 is 0 Å². The molecular weight excluding hydrogens is 374 g/mol. The molecule has 0 nitrogen and oxygen atoms in total. The van der Waals surface area contributed by atoms with Gasteiger partial charge in [0, 0.05) is 29.5 Å². The number of hydrogen-bond donors (Lipinski definition) is 0. The summed E-state index contributed by atoms with van der Waals surface area (Å²) in [5.41, 5.74) is 2.61. The van der Waals surface area contributed by atoms with Crippen LogP contribution >= 0.6 is 0 Å². The molecule has 2 heteroatoms. The van der Waals surface area contributed by atoms with Gasteiger partial charge in [0.1, 0.15) is 11.6 Å². The summed E-state index contributed by atoms with van der Waals surface area (Å²) in [6, 6.07) is 10.9. The van der Waals surface area contributed by atoms with E-state index in [2.05, 4.69) is 42.7 Å². The second-order valence-corrected chi connectivity index (χ2v) is 8.32. The lowest BCUT2D eigenvalue weighted by atomic mass is 9.77. The molecule has 1 saturated carbocycles. The standard InChI is InChI=1S/C28H30F2/c1-3-4-5-6-7-8-22-11-15-25(16-12-22)26-17-13-23(14-18-26)9-10-24-19-27(29)21(2)28(30)20-24/h13-14,17-20,22,25H,3-5,8,11-12,15-16H2,1-2H3. The first-order valence-corrected chi connectivity index (χ1v) is 11.1. The number of unbranched alkanes of at least 4 members (excludes halogenated alkanes) is 2. The van der Waals surface area contributed by atoms with Crippen molar-refractivity contribution in [2.45, 2.75) is 71.1 Å². The molecule has 0 spiro atoms. The maximum atomic E-state index is 13.7. The van der Waals surface area contributed by atoms with Crippen molar-refractivity contribution in [3.63, 3.8) is 0 Å². The van der Waals surface area contributed by atoms with Crippen LogP contribution in [-0.2, 0) is 0 Å². The van der Waals surface area contributed by atoms with E-state index in [1.807, 2.05) is 12.1 Å². The van der Waals surface area contributed by atoms with Crippen molar-refractivity contribution in [1.29, 1.82) is 0 Å². The van der Waals surface area contributed by atoms with Crippen LogP contribution in [0.2, 0.25) is 0 Å². The monoisotopic (exact) mass is 404 g/mol. The van der Waals surface area contributed by atoms with Crippen molar-refractivity contribution in [1.82, 2.24) is 0 Å². The van der Waals surface area contributed by atoms with Crippen LogP contribution in [0.5, 0.6) is 0 Å². The molecule has 0 heterocycles. The summed E-state index contributed by atoms with van der Waals surface area (Å²) < 4.78 is 27.3. The first-order chi connectivity index (χ1) is 14.6. The normalized spacial score (nSPS) is 18.1. The molecule has 0 saturated heterocycles. The molecule has 0 aromatic heterocycles. The van der Waals surface area contributed by atoms with E-state index in [0.29, 0.717) is 11.5 Å². The van der Waals surface area contributed by atoms with Crippen LogP contribution < -0.4 is 0 Å². The van der Waals surface area contributed by atoms with Crippen molar-refractivity contribution >= 4 is 0 Å². The highest BCUT2D eigenvalue weighted by Gasteiger charge is 2.21. The van der Waals surface area contributed by atoms with Crippen molar-refractivity contribution in [3.8, 4) is 23.7 Å². The number of halogens is 2. The smallest absolute Gasteiger partial charge is 0.130 e. The second-order valence-electron chi connectivity index (χ2n) is 8.32. The Hall–Kier alpha value is -2.58. The van der Waals surface area contributed by atoms with Gasteiger partial charge in [0.05, 0.1) is 0 Å². The van der Waals surface area contributed by atoms with Gasteiger partial charge in [-0.05, 0) is 80.7 Å². The molecule has 0 radical (unpaired) electrons. The molecule has 0 unspecified atom stereocenters. The molecule has 0 bridgehead atoms. The fourth-order valence-electron chi connectivity index (χ4n) is 3.97. The van der Waals surface area contributed by atoms with E-state index in [-0.39, 0.29) is 5.56 Å². The summed E-state index contributed by atoms with van der Waals surface area (Å²) in [6.45, 7) is 3.63. The van der Waals surface area contributed by atoms with Gasteiger partial charge in [-0.3, -0.25) is 0 Å². The zero-order chi connectivity index (χ0) is 21.3. The average Bonchev–Trinajstić information content (AvgIpc) is 2.76. The summed E-state index contributed by atoms with van der Waals surface area (Å²) in [6.07, 6.45) is 9.44. The molecule has 1 aliphatic carbocycles. The average molecular weight is 405 g/mol. The fourth-order valence-corrected chi connectivity index (χ4v) is 3.97. The largest absolute Gasteiger partial charge is 0.207 e. The lowest BCUT2D eigenvalue weighted by Gasteiger charge is -2.27. The minimum Gasteiger partial charge on any atom is -0.207 e. The molecule has 0 atom stereocenters. The summed E-state index contributed by atoms with van der Waals surface area (Å²) >= 11 is 0. The molecule has 2 aromatic rings. The van der Waals surface area contributed by atoms with E-state index in [1.54, 1.807) is 0 Å². The van der Waals surface area contributed by atoms with Gasteiger partial charge in [0.2, 0.25) is 0 Å². The summed E-state index contributed by atoms with van der Waals surface area (Å²) in [5.74, 6) is 12.8. The van der Waals surface area contributed by atoms with Gasteiger partial charge in [0.15, 0.2) is 0 Å². The van der Waals surface area contributed by atoms with Crippen LogP contribution in [0.3, 0.4) is 0 Å². The Balaban J connectivity index is 1.54. The van der Waals surface area contributed by atoms with E-state index < -0.39 is 11.6 Å². The molecule has 30 heavy (non-hydrogen) atoms. The van der Waals surface area contributed by atoms with E-state index in [9.17, 15) is 8.78 Å². The van der Waals surface area contributed by atoms with Gasteiger partial charge < -0.3 is 0 Å². The van der Waals surface area contributed by atoms with E-state index >= 15 is 0 Å². The predicted molar refractivity (Wildman–Crippen MR) is 120 cm³/mol. The van der Waals surface area contributed by atoms with Crippen LogP contribution in [0.4, 0.5) is 8.78 Å². The first-order valence-electron chi connectivity index (χ1n) is 11.1. The number of benzene rings is 2. The number of rotatable bonds is 4. The van der Waals surface area contributed by atoms with Crippen LogP contribution in [0.25, 0.3) is 0 Å². The number of hydrogen-bond acceptors (Lipinski definition) is 0. The Bertz CT molecular complexity index is 933. The molecule has 0 aliphatic heterocycles. The van der Waals surface area contributed by atoms with E-state index in [4.69, 9.17) is 0 Å². The predicted octanol–water partition coefficient (Wildman–Crippen LogP) is 7.53. The van der Waals surface area contributed by atoms with Crippen molar-refractivity contribution in [3.05, 3.63) is 70.3 Å². The Labute approximate surface area is 180 Å². The Kier molecular flexibility index (Phi) is 8.10. The minimum absolute atomic E-state index is 0.0307. The van der Waals surface area contributed by atoms with Gasteiger partial charge in [0.25, 0.3) is 0 Å². The highest BCUT2D eigenvalue weighted by atomic mass is 19.1. The summed E-state index contributed by atoms with van der Waals surface area (Å²) in [4.78, 5) is 0. The quantitative estimate of drug-likeness (QED) is 0.365. The third-order valence-corrected chi connectivity index (χ3v) is 6.03. The Morgan fingerprint density at radius 2 is 1.50 bits per heavy atom. The van der Waals surface area contributed by atoms with Gasteiger partial charge in [-0.2, -0.15) is 0 Å². The summed E-state index contributed by atoms with van der Waals surface area (Å²) in [5, 5.41) is 0. The lowest BCUT2D eigenvalue weighted by molar-refractivity contribution is 0.331. The maximum Gasteiger partial charge on any atom is 0.130 e. The molecule has 2 aromatic carbocycles. The lowest BCUT2D eigenvalue weighted by Crippen LogP contribution is -2.12. The first kappa shape index (κ1) is 22.1. The Morgan fingerprint density at radius 1 is 0.867 bits per heavy atom. The molecule has 0 N–H and O–H groups in total. The maximum absolute atomic E-state index is 13.7. The van der Waals surface area contributed by atoms with Crippen molar-refractivity contribution in [2.24, 2.45) is 5.92 Å². The van der Waals surface area contributed by atoms with Crippen LogP contribution in [0.15, 0.2) is 36.4 Å². The minimum atomic E-state index is -0.558. The van der Waals surface area contributed by atoms with Crippen LogP contribution in [0.1, 0.15) is 86.5 Å². The van der Waals surface area contributed by atoms with Crippen LogP contribution in [-0.4, -0.2) is 0 Å². The van der Waals surface area contributed by atoms with Gasteiger partial charge in [-0.25, -0.2) is 8.78 Å². The zero-order valence-electron chi connectivity index (χ0n) is 18.0. The highest BCUT2D eigenvalue weighted by molar-refractivity contribution is 5.45. The Morgan fingerprint density at radius 3 is 2.13 bits per heavy atom. The van der Waals surface area contributed by atoms with E-state index in [0.717, 1.165) is 24.3 Å². The highest BCUT2D eigenvalue weighted by Crippen LogP contribution is 2.36. The van der Waals surface area contributed by atoms with Gasteiger partial charge in [-0.15, -0.1) is 11.8 Å². The molecule has 1 aliphatic rings. The molecular formula is C28H30F2. The summed E-state index contributed by atoms with van der Waals surface area (Å²) in [7, 11) is 0. The zero-order valence-corrected chi connectivity index (χ0v) is 18.0. The van der Waals surface area contributed by atoms with Gasteiger partial charge in [-0.1, -0.05) is 37.3 Å². The van der Waals surface area contributed by atoms with E-state index in [1.165, 1.54) is 63.1 Å². The molecule has 156 valence electrons. The fraction of sp³-hybridized carbons (Fsp3) is 0.429. The van der Waals surface area contributed by atoms with Crippen LogP contribution in [0, 0.1) is 48.2 Å². The molecule has 1 fully saturated rings.